The number of aryl methyl sites for hydroxylation is 3. The maximum atomic E-state index is 5.61. The number of nitrogens with one attached hydrogen (secondary N) is 1. The molecule has 1 saturated heterocycles. The van der Waals surface area contributed by atoms with E-state index < -0.39 is 0 Å². The number of rotatable bonds is 4. The fourth-order valence-electron chi connectivity index (χ4n) is 4.68. The van der Waals surface area contributed by atoms with Gasteiger partial charge in [-0.1, -0.05) is 67.9 Å². The fraction of sp³-hybridized carbons (Fsp3) is 0.703. The molecular weight excluding hydrogens is 536 g/mol. The van der Waals surface area contributed by atoms with Crippen LogP contribution in [0.4, 0.5) is 0 Å². The summed E-state index contributed by atoms with van der Waals surface area (Å²) in [5.41, 5.74) is 7.34. The minimum Gasteiger partial charge on any atom is -0.381 e. The third-order valence-corrected chi connectivity index (χ3v) is 7.34. The van der Waals surface area contributed by atoms with Crippen molar-refractivity contribution in [2.75, 3.05) is 19.8 Å². The largest absolute Gasteiger partial charge is 0.381 e. The van der Waals surface area contributed by atoms with Crippen LogP contribution in [0, 0.1) is 24.7 Å². The summed E-state index contributed by atoms with van der Waals surface area (Å²) >= 11 is 1.86. The number of nitrogens with zero attached hydrogens (tertiary/aromatic N) is 1. The Morgan fingerprint density at radius 3 is 1.81 bits per heavy atom. The van der Waals surface area contributed by atoms with Gasteiger partial charge >= 0.3 is 0 Å². The Morgan fingerprint density at radius 1 is 0.952 bits per heavy atom. The first-order chi connectivity index (χ1) is 19.5. The Labute approximate surface area is 264 Å². The average molecular weight is 603 g/mol. The second-order valence-electron chi connectivity index (χ2n) is 14.0. The van der Waals surface area contributed by atoms with E-state index in [-0.39, 0.29) is 5.41 Å². The lowest BCUT2D eigenvalue weighted by atomic mass is 9.82. The number of aromatic nitrogens is 1. The van der Waals surface area contributed by atoms with Crippen molar-refractivity contribution in [3.63, 3.8) is 0 Å². The number of hydrogen-bond acceptors (Lipinski definition) is 4. The number of H-pyrrole nitrogens is 1. The summed E-state index contributed by atoms with van der Waals surface area (Å²) < 4.78 is 10.8. The third-order valence-electron chi connectivity index (χ3n) is 6.40. The van der Waals surface area contributed by atoms with Crippen molar-refractivity contribution in [1.29, 1.82) is 0 Å². The number of allylic oxidation sites excluding steroid dienone is 1. The van der Waals surface area contributed by atoms with Crippen LogP contribution < -0.4 is 0 Å². The quantitative estimate of drug-likeness (QED) is 0.378. The molecule has 0 unspecified atom stereocenters. The highest BCUT2D eigenvalue weighted by molar-refractivity contribution is 7.09. The van der Waals surface area contributed by atoms with Gasteiger partial charge < -0.3 is 14.5 Å². The molecule has 0 radical (unpaired) electrons. The molecule has 5 heteroatoms. The topological polar surface area (TPSA) is 46.6 Å². The summed E-state index contributed by atoms with van der Waals surface area (Å²) in [5, 5.41) is 2.15. The van der Waals surface area contributed by atoms with Gasteiger partial charge in [0, 0.05) is 35.2 Å². The molecule has 0 bridgehead atoms. The van der Waals surface area contributed by atoms with Crippen molar-refractivity contribution in [1.82, 2.24) is 4.98 Å². The second kappa shape index (κ2) is 21.1. The van der Waals surface area contributed by atoms with Crippen molar-refractivity contribution in [3.8, 4) is 0 Å². The van der Waals surface area contributed by atoms with Gasteiger partial charge in [-0.3, -0.25) is 4.99 Å². The van der Waals surface area contributed by atoms with Crippen molar-refractivity contribution < 1.29 is 9.47 Å². The Bertz CT molecular complexity index is 979. The van der Waals surface area contributed by atoms with E-state index in [1.807, 2.05) is 25.2 Å². The molecule has 4 nitrogen and oxygen atoms in total. The highest BCUT2D eigenvalue weighted by atomic mass is 32.1. The van der Waals surface area contributed by atoms with Crippen LogP contribution in [0.3, 0.4) is 0 Å². The molecule has 2 aliphatic heterocycles. The van der Waals surface area contributed by atoms with Gasteiger partial charge in [0.05, 0.1) is 18.8 Å². The third kappa shape index (κ3) is 20.3. The molecule has 0 saturated carbocycles. The second-order valence-corrected chi connectivity index (χ2v) is 15.0. The molecule has 0 amide bonds. The Hall–Kier alpha value is -1.69. The van der Waals surface area contributed by atoms with E-state index in [2.05, 4.69) is 123 Å². The predicted molar refractivity (Wildman–Crippen MR) is 189 cm³/mol. The molecule has 0 atom stereocenters. The van der Waals surface area contributed by atoms with E-state index in [0.29, 0.717) is 17.6 Å². The fourth-order valence-corrected chi connectivity index (χ4v) is 5.39. The van der Waals surface area contributed by atoms with E-state index in [1.54, 1.807) is 0 Å². The molecule has 0 spiro atoms. The van der Waals surface area contributed by atoms with Gasteiger partial charge in [-0.2, -0.15) is 0 Å². The summed E-state index contributed by atoms with van der Waals surface area (Å²) in [4.78, 5) is 9.06. The van der Waals surface area contributed by atoms with Crippen LogP contribution in [-0.4, -0.2) is 42.7 Å². The summed E-state index contributed by atoms with van der Waals surface area (Å²) in [6, 6.07) is 8.48. The van der Waals surface area contributed by atoms with E-state index in [4.69, 9.17) is 9.47 Å². The van der Waals surface area contributed by atoms with Crippen molar-refractivity contribution in [3.05, 3.63) is 57.1 Å². The van der Waals surface area contributed by atoms with Gasteiger partial charge in [-0.15, -0.1) is 11.3 Å². The molecular formula is C37H66N2O2S. The summed E-state index contributed by atoms with van der Waals surface area (Å²) in [7, 11) is 0. The average Bonchev–Trinajstić information content (AvgIpc) is 3.61. The van der Waals surface area contributed by atoms with E-state index in [9.17, 15) is 0 Å². The number of thiophene rings is 1. The lowest BCUT2D eigenvalue weighted by Gasteiger charge is -2.24. The van der Waals surface area contributed by atoms with Crippen LogP contribution in [0.2, 0.25) is 0 Å². The van der Waals surface area contributed by atoms with Gasteiger partial charge in [-0.05, 0) is 113 Å². The van der Waals surface area contributed by atoms with Gasteiger partial charge in [0.15, 0.2) is 0 Å². The highest BCUT2D eigenvalue weighted by Crippen LogP contribution is 2.32. The lowest BCUT2D eigenvalue weighted by Crippen LogP contribution is -2.25. The normalized spacial score (nSPS) is 15.4. The molecule has 2 aromatic rings. The Morgan fingerprint density at radius 2 is 1.50 bits per heavy atom. The number of hydrogen-bond donors (Lipinski definition) is 1. The van der Waals surface area contributed by atoms with Crippen LogP contribution >= 0.6 is 11.3 Å². The first-order valence-corrected chi connectivity index (χ1v) is 17.0. The van der Waals surface area contributed by atoms with Crippen LogP contribution in [0.15, 0.2) is 45.8 Å². The maximum Gasteiger partial charge on any atom is 0.0622 e. The monoisotopic (exact) mass is 602 g/mol. The first kappa shape index (κ1) is 40.3. The molecule has 4 rings (SSSR count). The van der Waals surface area contributed by atoms with Crippen molar-refractivity contribution >= 4 is 17.0 Å². The Balaban J connectivity index is 0.000000522. The number of aliphatic imine (C=N–C) groups is 1. The maximum absolute atomic E-state index is 5.61. The zero-order valence-corrected chi connectivity index (χ0v) is 30.7. The molecule has 0 aromatic carbocycles. The van der Waals surface area contributed by atoms with Gasteiger partial charge in [0.25, 0.3) is 0 Å². The van der Waals surface area contributed by atoms with Crippen LogP contribution in [0.25, 0.3) is 0 Å². The van der Waals surface area contributed by atoms with Crippen molar-refractivity contribution in [2.45, 2.75) is 141 Å². The minimum absolute atomic E-state index is 0.272. The molecule has 2 aliphatic rings. The van der Waals surface area contributed by atoms with E-state index in [1.165, 1.54) is 52.4 Å². The summed E-state index contributed by atoms with van der Waals surface area (Å²) in [6.07, 6.45) is 6.72. The van der Waals surface area contributed by atoms with Gasteiger partial charge in [-0.25, -0.2) is 0 Å². The zero-order valence-electron chi connectivity index (χ0n) is 29.9. The molecule has 0 aliphatic carbocycles. The Kier molecular flexibility index (Phi) is 20.2. The highest BCUT2D eigenvalue weighted by Gasteiger charge is 2.24. The molecule has 1 N–H and O–H groups in total. The van der Waals surface area contributed by atoms with Gasteiger partial charge in [0.2, 0.25) is 0 Å². The molecule has 4 heterocycles. The van der Waals surface area contributed by atoms with E-state index in [0.717, 1.165) is 32.6 Å². The van der Waals surface area contributed by atoms with E-state index >= 15 is 0 Å². The van der Waals surface area contributed by atoms with Gasteiger partial charge in [0.1, 0.15) is 0 Å². The lowest BCUT2D eigenvalue weighted by molar-refractivity contribution is -0.0563. The van der Waals surface area contributed by atoms with Crippen LogP contribution in [-0.2, 0) is 15.9 Å². The summed E-state index contributed by atoms with van der Waals surface area (Å²) in [5.74, 6) is 0. The predicted octanol–water partition coefficient (Wildman–Crippen LogP) is 11.2. The molecule has 2 aromatic heterocycles. The van der Waals surface area contributed by atoms with Crippen LogP contribution in [0.5, 0.6) is 0 Å². The SMILES string of the molecule is CC(C)(C)CCc1cccs1.CC(C)OC1CCOCC1.CC1=NCC(C)=C1C(C)(C)C.CCC.Cc1ccc(C)[nH]1. The number of ether oxygens (including phenoxy) is 2. The van der Waals surface area contributed by atoms with Crippen LogP contribution in [0.1, 0.15) is 125 Å². The number of aromatic amines is 1. The van der Waals surface area contributed by atoms with Crippen molar-refractivity contribution in [2.24, 2.45) is 15.8 Å². The standard InChI is InChI=1S/C10H17N.C10H16S.C8H16O2.C6H9N.C3H8/c1-7-6-11-8(2)9(7)10(3,4)5;1-10(2,3)7-6-9-5-4-8-11-9;1-7(2)10-8-3-5-9-6-4-8;1-5-3-4-6(2)7-5;1-3-2/h6H2,1-5H3;4-5,8H,6-7H2,1-3H3;7-8H,3-6H2,1-2H3;3-4,7H,1-2H3;3H2,1-2H3. The molecule has 42 heavy (non-hydrogen) atoms. The molecule has 1 fully saturated rings. The zero-order chi connectivity index (χ0) is 32.3. The summed E-state index contributed by atoms with van der Waals surface area (Å²) in [6.45, 7) is 33.1. The smallest absolute Gasteiger partial charge is 0.0622 e. The molecule has 242 valence electrons. The minimum atomic E-state index is 0.272. The first-order valence-electron chi connectivity index (χ1n) is 16.1.